The lowest BCUT2D eigenvalue weighted by atomic mass is 10.3. The van der Waals surface area contributed by atoms with Gasteiger partial charge in [0.15, 0.2) is 0 Å². The second-order valence-electron chi connectivity index (χ2n) is 4.19. The van der Waals surface area contributed by atoms with Crippen molar-refractivity contribution in [1.82, 2.24) is 4.31 Å². The summed E-state index contributed by atoms with van der Waals surface area (Å²) in [6.07, 6.45) is 0. The fourth-order valence-electron chi connectivity index (χ4n) is 1.47. The highest BCUT2D eigenvalue weighted by atomic mass is 79.9. The molecule has 0 saturated carbocycles. The summed E-state index contributed by atoms with van der Waals surface area (Å²) in [5.41, 5.74) is 5.03. The molecule has 0 bridgehead atoms. The largest absolute Gasteiger partial charge is 0.369 e. The van der Waals surface area contributed by atoms with Crippen molar-refractivity contribution in [2.24, 2.45) is 5.73 Å². The van der Waals surface area contributed by atoms with E-state index in [1.165, 1.54) is 12.1 Å². The number of benzene rings is 1. The molecule has 0 aliphatic heterocycles. The average molecular weight is 353 g/mol. The molecule has 0 aliphatic rings. The van der Waals surface area contributed by atoms with Crippen molar-refractivity contribution < 1.29 is 17.6 Å². The lowest BCUT2D eigenvalue weighted by Gasteiger charge is -2.24. The minimum Gasteiger partial charge on any atom is -0.369 e. The van der Waals surface area contributed by atoms with Crippen molar-refractivity contribution in [3.63, 3.8) is 0 Å². The summed E-state index contributed by atoms with van der Waals surface area (Å²) in [4.78, 5) is 10.7. The summed E-state index contributed by atoms with van der Waals surface area (Å²) in [6, 6.07) is 2.99. The van der Waals surface area contributed by atoms with E-state index in [-0.39, 0.29) is 9.37 Å². The van der Waals surface area contributed by atoms with E-state index in [9.17, 15) is 17.6 Å². The molecule has 0 aliphatic carbocycles. The van der Waals surface area contributed by atoms with Crippen molar-refractivity contribution in [3.8, 4) is 0 Å². The van der Waals surface area contributed by atoms with Gasteiger partial charge in [-0.1, -0.05) is 0 Å². The van der Waals surface area contributed by atoms with Crippen molar-refractivity contribution in [1.29, 1.82) is 0 Å². The molecule has 19 heavy (non-hydrogen) atoms. The Morgan fingerprint density at radius 1 is 1.47 bits per heavy atom. The molecule has 0 aromatic heterocycles. The zero-order valence-corrected chi connectivity index (χ0v) is 12.8. The number of primary amides is 1. The predicted molar refractivity (Wildman–Crippen MR) is 72.3 cm³/mol. The maximum atomic E-state index is 13.4. The van der Waals surface area contributed by atoms with E-state index in [0.29, 0.717) is 0 Å². The summed E-state index contributed by atoms with van der Waals surface area (Å²) >= 11 is 2.94. The Morgan fingerprint density at radius 3 is 2.47 bits per heavy atom. The summed E-state index contributed by atoms with van der Waals surface area (Å²) in [7, 11) is -3.96. The topological polar surface area (TPSA) is 80.5 Å². The van der Waals surface area contributed by atoms with Gasteiger partial charge in [-0.2, -0.15) is 4.31 Å². The Kier molecular flexibility index (Phi) is 5.05. The van der Waals surface area contributed by atoms with E-state index in [2.05, 4.69) is 15.9 Å². The molecule has 1 aromatic rings. The molecule has 106 valence electrons. The number of carbonyl (C=O) groups excluding carboxylic acids is 1. The third kappa shape index (κ3) is 3.74. The van der Waals surface area contributed by atoms with Gasteiger partial charge in [0.05, 0.1) is 15.9 Å². The van der Waals surface area contributed by atoms with E-state index >= 15 is 0 Å². The maximum absolute atomic E-state index is 13.4. The van der Waals surface area contributed by atoms with Gasteiger partial charge in [-0.15, -0.1) is 0 Å². The van der Waals surface area contributed by atoms with Crippen LogP contribution in [-0.4, -0.2) is 31.2 Å². The number of halogens is 2. The standard InChI is InChI=1S/C11H14BrFN2O3S/c1-7(2)15(6-11(14)16)19(17,18)8-3-4-9(12)10(13)5-8/h3-5,7H,6H2,1-2H3,(H2,14,16). The smallest absolute Gasteiger partial charge is 0.243 e. The van der Waals surface area contributed by atoms with Gasteiger partial charge in [-0.05, 0) is 48.0 Å². The number of rotatable bonds is 5. The fraction of sp³-hybridized carbons (Fsp3) is 0.364. The summed E-state index contributed by atoms with van der Waals surface area (Å²) in [5, 5.41) is 0. The van der Waals surface area contributed by atoms with Gasteiger partial charge in [0, 0.05) is 6.04 Å². The van der Waals surface area contributed by atoms with Crippen molar-refractivity contribution >= 4 is 31.9 Å². The van der Waals surface area contributed by atoms with Crippen LogP contribution in [0.5, 0.6) is 0 Å². The predicted octanol–water partition coefficient (Wildman–Crippen LogP) is 1.47. The lowest BCUT2D eigenvalue weighted by Crippen LogP contribution is -2.42. The van der Waals surface area contributed by atoms with Gasteiger partial charge in [0.2, 0.25) is 15.9 Å². The van der Waals surface area contributed by atoms with Crippen molar-refractivity contribution in [3.05, 3.63) is 28.5 Å². The molecule has 0 spiro atoms. The Bertz CT molecular complexity index is 590. The van der Waals surface area contributed by atoms with Gasteiger partial charge >= 0.3 is 0 Å². The Morgan fingerprint density at radius 2 is 2.05 bits per heavy atom. The van der Waals surface area contributed by atoms with Crippen LogP contribution < -0.4 is 5.73 Å². The fourth-order valence-corrected chi connectivity index (χ4v) is 3.33. The first-order valence-corrected chi connectivity index (χ1v) is 7.64. The maximum Gasteiger partial charge on any atom is 0.243 e. The van der Waals surface area contributed by atoms with E-state index in [0.717, 1.165) is 10.4 Å². The molecule has 0 saturated heterocycles. The number of nitrogens with two attached hydrogens (primary N) is 1. The van der Waals surface area contributed by atoms with Crippen LogP contribution in [0.1, 0.15) is 13.8 Å². The first kappa shape index (κ1) is 16.1. The molecule has 1 amide bonds. The zero-order chi connectivity index (χ0) is 14.8. The Hall–Kier alpha value is -0.990. The summed E-state index contributed by atoms with van der Waals surface area (Å²) < 4.78 is 39.1. The minimum absolute atomic E-state index is 0.164. The summed E-state index contributed by atoms with van der Waals surface area (Å²) in [5.74, 6) is -1.46. The summed E-state index contributed by atoms with van der Waals surface area (Å²) in [6.45, 7) is 2.77. The molecule has 8 heteroatoms. The van der Waals surface area contributed by atoms with Gasteiger partial charge in [0.1, 0.15) is 5.82 Å². The number of nitrogens with zero attached hydrogens (tertiary/aromatic N) is 1. The molecule has 0 atom stereocenters. The molecule has 0 radical (unpaired) electrons. The Balaban J connectivity index is 3.26. The zero-order valence-electron chi connectivity index (χ0n) is 10.4. The quantitative estimate of drug-likeness (QED) is 0.871. The highest BCUT2D eigenvalue weighted by Crippen LogP contribution is 2.23. The average Bonchev–Trinajstić information content (AvgIpc) is 2.28. The van der Waals surface area contributed by atoms with Crippen LogP contribution in [0.15, 0.2) is 27.6 Å². The van der Waals surface area contributed by atoms with Crippen LogP contribution in [0.2, 0.25) is 0 Å². The van der Waals surface area contributed by atoms with Gasteiger partial charge < -0.3 is 5.73 Å². The molecular weight excluding hydrogens is 339 g/mol. The SMILES string of the molecule is CC(C)N(CC(N)=O)S(=O)(=O)c1ccc(Br)c(F)c1. The number of hydrogen-bond donors (Lipinski definition) is 1. The molecule has 0 fully saturated rings. The second-order valence-corrected chi connectivity index (χ2v) is 6.93. The van der Waals surface area contributed by atoms with E-state index in [4.69, 9.17) is 5.73 Å². The molecule has 0 unspecified atom stereocenters. The third-order valence-electron chi connectivity index (χ3n) is 2.39. The molecule has 5 nitrogen and oxygen atoms in total. The normalized spacial score (nSPS) is 12.1. The third-order valence-corrected chi connectivity index (χ3v) is 5.05. The number of hydrogen-bond acceptors (Lipinski definition) is 3. The Labute approximate surface area is 119 Å². The van der Waals surface area contributed by atoms with E-state index < -0.39 is 34.3 Å². The molecule has 1 aromatic carbocycles. The first-order valence-electron chi connectivity index (χ1n) is 5.41. The molecular formula is C11H14BrFN2O3S. The number of carbonyl (C=O) groups is 1. The molecule has 0 heterocycles. The van der Waals surface area contributed by atoms with Crippen LogP contribution in [0.4, 0.5) is 4.39 Å². The van der Waals surface area contributed by atoms with Crippen molar-refractivity contribution in [2.45, 2.75) is 24.8 Å². The highest BCUT2D eigenvalue weighted by Gasteiger charge is 2.28. The van der Waals surface area contributed by atoms with E-state index in [1.807, 2.05) is 0 Å². The molecule has 2 N–H and O–H groups in total. The molecule has 1 rings (SSSR count). The van der Waals surface area contributed by atoms with Crippen LogP contribution in [0.25, 0.3) is 0 Å². The van der Waals surface area contributed by atoms with Gasteiger partial charge in [-0.3, -0.25) is 4.79 Å². The number of sulfonamides is 1. The second kappa shape index (κ2) is 5.98. The monoisotopic (exact) mass is 352 g/mol. The minimum atomic E-state index is -3.96. The van der Waals surface area contributed by atoms with Crippen LogP contribution >= 0.6 is 15.9 Å². The van der Waals surface area contributed by atoms with Crippen LogP contribution in [0, 0.1) is 5.82 Å². The number of amides is 1. The lowest BCUT2D eigenvalue weighted by molar-refractivity contribution is -0.118. The van der Waals surface area contributed by atoms with Gasteiger partial charge in [0.25, 0.3) is 0 Å². The van der Waals surface area contributed by atoms with E-state index in [1.54, 1.807) is 13.8 Å². The van der Waals surface area contributed by atoms with Gasteiger partial charge in [-0.25, -0.2) is 12.8 Å². The first-order chi connectivity index (χ1) is 8.66. The highest BCUT2D eigenvalue weighted by molar-refractivity contribution is 9.10. The van der Waals surface area contributed by atoms with Crippen LogP contribution in [-0.2, 0) is 14.8 Å². The van der Waals surface area contributed by atoms with Crippen LogP contribution in [0.3, 0.4) is 0 Å². The van der Waals surface area contributed by atoms with Crippen molar-refractivity contribution in [2.75, 3.05) is 6.54 Å².